The van der Waals surface area contributed by atoms with E-state index in [-0.39, 0.29) is 5.91 Å². The second kappa shape index (κ2) is 6.54. The van der Waals surface area contributed by atoms with Gasteiger partial charge in [0, 0.05) is 20.2 Å². The van der Waals surface area contributed by atoms with Crippen LogP contribution in [-0.2, 0) is 4.74 Å². The summed E-state index contributed by atoms with van der Waals surface area (Å²) in [5.74, 6) is 5.85. The molecule has 1 aliphatic rings. The van der Waals surface area contributed by atoms with Crippen molar-refractivity contribution in [1.82, 2.24) is 4.90 Å². The molecule has 5 heteroatoms. The summed E-state index contributed by atoms with van der Waals surface area (Å²) in [5.41, 5.74) is 3.82. The third-order valence-corrected chi connectivity index (χ3v) is 3.45. The Balaban J connectivity index is 2.01. The average molecular weight is 263 g/mol. The number of rotatable bonds is 4. The van der Waals surface area contributed by atoms with Gasteiger partial charge in [0.25, 0.3) is 5.91 Å². The fraction of sp³-hybridized carbons (Fsp3) is 0.500. The lowest BCUT2D eigenvalue weighted by Gasteiger charge is -2.27. The number of nitrogens with zero attached hydrogens (tertiary/aromatic N) is 1. The number of ether oxygens (including phenoxy) is 1. The van der Waals surface area contributed by atoms with Crippen molar-refractivity contribution in [2.45, 2.75) is 12.8 Å². The Labute approximate surface area is 113 Å². The number of nitrogens with one attached hydrogen (secondary N) is 1. The van der Waals surface area contributed by atoms with Gasteiger partial charge in [0.2, 0.25) is 0 Å². The van der Waals surface area contributed by atoms with Crippen LogP contribution < -0.4 is 11.3 Å². The van der Waals surface area contributed by atoms with Crippen molar-refractivity contribution < 1.29 is 9.53 Å². The number of carbonyl (C=O) groups is 1. The molecule has 0 bridgehead atoms. The van der Waals surface area contributed by atoms with Gasteiger partial charge in [-0.2, -0.15) is 0 Å². The summed E-state index contributed by atoms with van der Waals surface area (Å²) >= 11 is 0. The molecule has 1 fully saturated rings. The number of benzene rings is 1. The Morgan fingerprint density at radius 3 is 3.00 bits per heavy atom. The lowest BCUT2D eigenvalue weighted by Crippen LogP contribution is -2.35. The number of hydrogen-bond donors (Lipinski definition) is 2. The van der Waals surface area contributed by atoms with Crippen molar-refractivity contribution in [3.05, 3.63) is 29.8 Å². The van der Waals surface area contributed by atoms with Crippen LogP contribution in [0.2, 0.25) is 0 Å². The minimum Gasteiger partial charge on any atom is -0.381 e. The highest BCUT2D eigenvalue weighted by Crippen LogP contribution is 2.18. The SMILES string of the molecule is CN(CC1CCCOC1)C(=O)c1ccccc1NN. The monoisotopic (exact) mass is 263 g/mol. The molecule has 1 atom stereocenters. The van der Waals surface area contributed by atoms with Gasteiger partial charge in [0.15, 0.2) is 0 Å². The van der Waals surface area contributed by atoms with E-state index in [9.17, 15) is 4.79 Å². The molecule has 2 rings (SSSR count). The van der Waals surface area contributed by atoms with Gasteiger partial charge < -0.3 is 15.1 Å². The molecule has 19 heavy (non-hydrogen) atoms. The quantitative estimate of drug-likeness (QED) is 0.637. The summed E-state index contributed by atoms with van der Waals surface area (Å²) in [6.07, 6.45) is 2.20. The van der Waals surface area contributed by atoms with E-state index in [0.29, 0.717) is 17.2 Å². The molecule has 5 nitrogen and oxygen atoms in total. The lowest BCUT2D eigenvalue weighted by atomic mass is 10.0. The van der Waals surface area contributed by atoms with E-state index in [2.05, 4.69) is 5.43 Å². The summed E-state index contributed by atoms with van der Waals surface area (Å²) in [7, 11) is 1.82. The van der Waals surface area contributed by atoms with Crippen molar-refractivity contribution in [2.75, 3.05) is 32.2 Å². The highest BCUT2D eigenvalue weighted by Gasteiger charge is 2.20. The van der Waals surface area contributed by atoms with Crippen LogP contribution in [0.25, 0.3) is 0 Å². The molecule has 1 aromatic carbocycles. The number of hydrazine groups is 1. The molecule has 0 saturated carbocycles. The zero-order valence-corrected chi connectivity index (χ0v) is 11.3. The molecular formula is C14H21N3O2. The number of hydrogen-bond acceptors (Lipinski definition) is 4. The molecule has 1 amide bonds. The highest BCUT2D eigenvalue weighted by molar-refractivity contribution is 5.99. The number of para-hydroxylation sites is 1. The van der Waals surface area contributed by atoms with Crippen molar-refractivity contribution in [3.8, 4) is 0 Å². The van der Waals surface area contributed by atoms with E-state index in [1.807, 2.05) is 19.2 Å². The van der Waals surface area contributed by atoms with E-state index in [1.165, 1.54) is 0 Å². The van der Waals surface area contributed by atoms with Crippen LogP contribution in [0, 0.1) is 5.92 Å². The van der Waals surface area contributed by atoms with E-state index in [1.54, 1.807) is 17.0 Å². The number of nitrogen functional groups attached to an aromatic ring is 1. The van der Waals surface area contributed by atoms with E-state index in [4.69, 9.17) is 10.6 Å². The first-order chi connectivity index (χ1) is 9.22. The molecule has 1 saturated heterocycles. The summed E-state index contributed by atoms with van der Waals surface area (Å²) in [5, 5.41) is 0. The molecule has 0 aliphatic carbocycles. The maximum absolute atomic E-state index is 12.4. The molecule has 1 heterocycles. The first-order valence-corrected chi connectivity index (χ1v) is 6.61. The van der Waals surface area contributed by atoms with Crippen molar-refractivity contribution in [1.29, 1.82) is 0 Å². The van der Waals surface area contributed by atoms with Crippen LogP contribution in [0.3, 0.4) is 0 Å². The van der Waals surface area contributed by atoms with Gasteiger partial charge >= 0.3 is 0 Å². The third kappa shape index (κ3) is 3.45. The number of amides is 1. The maximum Gasteiger partial charge on any atom is 0.255 e. The van der Waals surface area contributed by atoms with Gasteiger partial charge in [-0.3, -0.25) is 10.6 Å². The van der Waals surface area contributed by atoms with E-state index >= 15 is 0 Å². The maximum atomic E-state index is 12.4. The predicted octanol–water partition coefficient (Wildman–Crippen LogP) is 1.47. The fourth-order valence-electron chi connectivity index (χ4n) is 2.42. The van der Waals surface area contributed by atoms with Crippen LogP contribution in [0.4, 0.5) is 5.69 Å². The zero-order valence-electron chi connectivity index (χ0n) is 11.3. The molecule has 1 aliphatic heterocycles. The Morgan fingerprint density at radius 2 is 2.32 bits per heavy atom. The molecule has 1 aromatic rings. The van der Waals surface area contributed by atoms with Crippen molar-refractivity contribution in [2.24, 2.45) is 11.8 Å². The van der Waals surface area contributed by atoms with Crippen LogP contribution in [0.15, 0.2) is 24.3 Å². The zero-order chi connectivity index (χ0) is 13.7. The molecular weight excluding hydrogens is 242 g/mol. The molecule has 104 valence electrons. The van der Waals surface area contributed by atoms with E-state index < -0.39 is 0 Å². The summed E-state index contributed by atoms with van der Waals surface area (Å²) in [6.45, 7) is 2.31. The standard InChI is InChI=1S/C14H21N3O2/c1-17(9-11-5-4-8-19-10-11)14(18)12-6-2-3-7-13(12)16-15/h2-3,6-7,11,16H,4-5,8-10,15H2,1H3. The summed E-state index contributed by atoms with van der Waals surface area (Å²) in [4.78, 5) is 14.1. The van der Waals surface area contributed by atoms with Gasteiger partial charge in [-0.15, -0.1) is 0 Å². The Kier molecular flexibility index (Phi) is 4.76. The molecule has 0 spiro atoms. The van der Waals surface area contributed by atoms with Crippen molar-refractivity contribution >= 4 is 11.6 Å². The highest BCUT2D eigenvalue weighted by atomic mass is 16.5. The van der Waals surface area contributed by atoms with Crippen LogP contribution in [-0.4, -0.2) is 37.6 Å². The minimum absolute atomic E-state index is 0.0147. The van der Waals surface area contributed by atoms with Gasteiger partial charge in [-0.05, 0) is 30.9 Å². The first-order valence-electron chi connectivity index (χ1n) is 6.61. The van der Waals surface area contributed by atoms with Crippen molar-refractivity contribution in [3.63, 3.8) is 0 Å². The fourth-order valence-corrected chi connectivity index (χ4v) is 2.42. The van der Waals surface area contributed by atoms with Crippen LogP contribution in [0.5, 0.6) is 0 Å². The van der Waals surface area contributed by atoms with Crippen LogP contribution >= 0.6 is 0 Å². The predicted molar refractivity (Wildman–Crippen MR) is 74.8 cm³/mol. The molecule has 3 N–H and O–H groups in total. The van der Waals surface area contributed by atoms with Gasteiger partial charge in [-0.1, -0.05) is 12.1 Å². The van der Waals surface area contributed by atoms with Gasteiger partial charge in [0.1, 0.15) is 0 Å². The minimum atomic E-state index is -0.0147. The number of carbonyl (C=O) groups excluding carboxylic acids is 1. The summed E-state index contributed by atoms with van der Waals surface area (Å²) in [6, 6.07) is 7.27. The topological polar surface area (TPSA) is 67.6 Å². The second-order valence-corrected chi connectivity index (χ2v) is 4.96. The molecule has 0 aromatic heterocycles. The average Bonchev–Trinajstić information content (AvgIpc) is 2.47. The van der Waals surface area contributed by atoms with Gasteiger partial charge in [0.05, 0.1) is 17.9 Å². The Hall–Kier alpha value is -1.59. The number of nitrogens with two attached hydrogens (primary N) is 1. The van der Waals surface area contributed by atoms with E-state index in [0.717, 1.165) is 32.6 Å². The van der Waals surface area contributed by atoms with Gasteiger partial charge in [-0.25, -0.2) is 0 Å². The van der Waals surface area contributed by atoms with Crippen LogP contribution in [0.1, 0.15) is 23.2 Å². The normalized spacial score (nSPS) is 18.9. The smallest absolute Gasteiger partial charge is 0.255 e. The first kappa shape index (κ1) is 13.8. The molecule has 1 unspecified atom stereocenters. The second-order valence-electron chi connectivity index (χ2n) is 4.96. The molecule has 0 radical (unpaired) electrons. The Bertz CT molecular complexity index is 430. The number of anilines is 1. The Morgan fingerprint density at radius 1 is 1.53 bits per heavy atom. The third-order valence-electron chi connectivity index (χ3n) is 3.45. The largest absolute Gasteiger partial charge is 0.381 e. The summed E-state index contributed by atoms with van der Waals surface area (Å²) < 4.78 is 5.44. The lowest BCUT2D eigenvalue weighted by molar-refractivity contribution is 0.0389.